The molecule has 0 radical (unpaired) electrons. The van der Waals surface area contributed by atoms with E-state index >= 15 is 0 Å². The van der Waals surface area contributed by atoms with Gasteiger partial charge in [0.1, 0.15) is 0 Å². The van der Waals surface area contributed by atoms with E-state index in [2.05, 4.69) is 16.0 Å². The van der Waals surface area contributed by atoms with Gasteiger partial charge in [0.05, 0.1) is 10.6 Å². The minimum atomic E-state index is -4.40. The number of hydrogen-bond donors (Lipinski definition) is 3. The predicted molar refractivity (Wildman–Crippen MR) is 175 cm³/mol. The van der Waals surface area contributed by atoms with Crippen molar-refractivity contribution in [1.82, 2.24) is 15.5 Å². The molecular formula is C32H37Cl2N5O4S. The second-order valence-corrected chi connectivity index (χ2v) is 13.6. The molecule has 1 saturated heterocycles. The van der Waals surface area contributed by atoms with Crippen molar-refractivity contribution in [2.45, 2.75) is 43.5 Å². The van der Waals surface area contributed by atoms with Crippen LogP contribution < -0.4 is 20.3 Å². The molecule has 1 unspecified atom stereocenters. The zero-order chi connectivity index (χ0) is 31.5. The summed E-state index contributed by atoms with van der Waals surface area (Å²) < 4.78 is 29.4. The summed E-state index contributed by atoms with van der Waals surface area (Å²) in [5, 5.41) is 10.3. The highest BCUT2D eigenvalue weighted by Gasteiger charge is 2.56. The number of nitrogens with one attached hydrogen (secondary N) is 3. The third-order valence-corrected chi connectivity index (χ3v) is 10.7. The number of nitrogens with zero attached hydrogens (tertiary/aromatic N) is 2. The number of rotatable bonds is 10. The van der Waals surface area contributed by atoms with Crippen LogP contribution >= 0.6 is 23.2 Å². The maximum absolute atomic E-state index is 14.7. The SMILES string of the molecule is CCN(CC)C(=O)Nc1ccc(S(=O)(=O)N2C(=O)C(NCCC3CCNCC3)(c3ccccc3Cl)c3cc(Cl)ccc32)cc1. The predicted octanol–water partition coefficient (Wildman–Crippen LogP) is 5.83. The van der Waals surface area contributed by atoms with Crippen LogP contribution in [0.5, 0.6) is 0 Å². The van der Waals surface area contributed by atoms with Gasteiger partial charge in [-0.2, -0.15) is 0 Å². The van der Waals surface area contributed by atoms with Gasteiger partial charge >= 0.3 is 6.03 Å². The van der Waals surface area contributed by atoms with Crippen LogP contribution in [0.1, 0.15) is 44.2 Å². The number of piperidine rings is 1. The van der Waals surface area contributed by atoms with Crippen molar-refractivity contribution in [2.75, 3.05) is 42.3 Å². The standard InChI is InChI=1S/C32H37Cl2N5O4S/c1-3-38(4-2)31(41)37-24-10-12-25(13-11-24)44(42,43)39-29-14-9-23(33)21-27(29)32(30(39)40,26-7-5-6-8-28(26)34)36-20-17-22-15-18-35-19-16-22/h5-14,21-22,35-36H,3-4,15-20H2,1-2H3,(H,37,41). The summed E-state index contributed by atoms with van der Waals surface area (Å²) in [6.07, 6.45) is 2.87. The Bertz CT molecular complexity index is 1630. The van der Waals surface area contributed by atoms with E-state index in [1.165, 1.54) is 24.3 Å². The number of fused-ring (bicyclic) bond motifs is 1. The Labute approximate surface area is 269 Å². The van der Waals surface area contributed by atoms with Crippen LogP contribution in [0.4, 0.5) is 16.2 Å². The van der Waals surface area contributed by atoms with Crippen molar-refractivity contribution in [3.05, 3.63) is 87.9 Å². The van der Waals surface area contributed by atoms with Crippen LogP contribution in [0.2, 0.25) is 10.0 Å². The van der Waals surface area contributed by atoms with Gasteiger partial charge in [0, 0.05) is 39.9 Å². The molecule has 2 aliphatic rings. The second kappa shape index (κ2) is 13.5. The lowest BCUT2D eigenvalue weighted by molar-refractivity contribution is -0.121. The van der Waals surface area contributed by atoms with E-state index in [1.54, 1.807) is 47.4 Å². The molecule has 3 amide bonds. The average Bonchev–Trinajstić information content (AvgIpc) is 3.26. The summed E-state index contributed by atoms with van der Waals surface area (Å²) in [6.45, 7) is 7.18. The lowest BCUT2D eigenvalue weighted by Gasteiger charge is -2.32. The number of carbonyl (C=O) groups is 2. The zero-order valence-corrected chi connectivity index (χ0v) is 27.1. The summed E-state index contributed by atoms with van der Waals surface area (Å²) in [4.78, 5) is 28.7. The fourth-order valence-corrected chi connectivity index (χ4v) is 7.97. The molecule has 5 rings (SSSR count). The van der Waals surface area contributed by atoms with Crippen LogP contribution in [-0.2, 0) is 20.4 Å². The Hall–Kier alpha value is -3.15. The van der Waals surface area contributed by atoms with Gasteiger partial charge in [0.25, 0.3) is 15.9 Å². The Morgan fingerprint density at radius 2 is 1.68 bits per heavy atom. The molecule has 1 atom stereocenters. The summed E-state index contributed by atoms with van der Waals surface area (Å²) in [7, 11) is -4.40. The third kappa shape index (κ3) is 6.06. The number of sulfonamides is 1. The van der Waals surface area contributed by atoms with Crippen molar-refractivity contribution >= 4 is 56.5 Å². The van der Waals surface area contributed by atoms with Crippen molar-refractivity contribution in [1.29, 1.82) is 0 Å². The van der Waals surface area contributed by atoms with E-state index in [4.69, 9.17) is 23.2 Å². The van der Waals surface area contributed by atoms with Gasteiger partial charge in [0.2, 0.25) is 0 Å². The topological polar surface area (TPSA) is 111 Å². The summed E-state index contributed by atoms with van der Waals surface area (Å²) >= 11 is 13.2. The normalized spacial score (nSPS) is 18.7. The van der Waals surface area contributed by atoms with Gasteiger partial charge in [-0.05, 0) is 107 Å². The van der Waals surface area contributed by atoms with Gasteiger partial charge < -0.3 is 15.5 Å². The molecule has 1 fully saturated rings. The summed E-state index contributed by atoms with van der Waals surface area (Å²) in [5.74, 6) is -0.213. The van der Waals surface area contributed by atoms with Gasteiger partial charge in [-0.3, -0.25) is 10.1 Å². The molecule has 0 aromatic heterocycles. The van der Waals surface area contributed by atoms with Crippen LogP contribution in [-0.4, -0.2) is 58.0 Å². The minimum Gasteiger partial charge on any atom is -0.325 e. The van der Waals surface area contributed by atoms with E-state index in [-0.39, 0.29) is 16.6 Å². The molecule has 9 nitrogen and oxygen atoms in total. The number of anilines is 2. The monoisotopic (exact) mass is 657 g/mol. The highest BCUT2D eigenvalue weighted by atomic mass is 35.5. The van der Waals surface area contributed by atoms with E-state index in [1.807, 2.05) is 13.8 Å². The molecule has 3 aromatic rings. The molecule has 2 aliphatic heterocycles. The largest absolute Gasteiger partial charge is 0.325 e. The minimum absolute atomic E-state index is 0.0998. The van der Waals surface area contributed by atoms with Crippen LogP contribution in [0.15, 0.2) is 71.6 Å². The smallest absolute Gasteiger partial charge is 0.321 e. The fraction of sp³-hybridized carbons (Fsp3) is 0.375. The first kappa shape index (κ1) is 32.2. The average molecular weight is 659 g/mol. The number of amides is 3. The highest BCUT2D eigenvalue weighted by Crippen LogP contribution is 2.49. The van der Waals surface area contributed by atoms with E-state index < -0.39 is 21.5 Å². The van der Waals surface area contributed by atoms with Gasteiger partial charge in [-0.1, -0.05) is 41.4 Å². The van der Waals surface area contributed by atoms with Gasteiger partial charge in [0.15, 0.2) is 5.54 Å². The molecule has 12 heteroatoms. The molecule has 3 aromatic carbocycles. The van der Waals surface area contributed by atoms with Crippen LogP contribution in [0.25, 0.3) is 0 Å². The molecule has 0 spiro atoms. The Morgan fingerprint density at radius 1 is 1.00 bits per heavy atom. The molecule has 0 bridgehead atoms. The van der Waals surface area contributed by atoms with Crippen molar-refractivity contribution in [3.63, 3.8) is 0 Å². The molecule has 2 heterocycles. The fourth-order valence-electron chi connectivity index (χ4n) is 6.06. The summed E-state index contributed by atoms with van der Waals surface area (Å²) in [5.41, 5.74) is -0.0814. The Balaban J connectivity index is 1.54. The van der Waals surface area contributed by atoms with Crippen LogP contribution in [0.3, 0.4) is 0 Å². The lowest BCUT2D eigenvalue weighted by Crippen LogP contribution is -2.53. The van der Waals surface area contributed by atoms with Crippen molar-refractivity contribution in [3.8, 4) is 0 Å². The van der Waals surface area contributed by atoms with Gasteiger partial charge in [-0.15, -0.1) is 0 Å². The van der Waals surface area contributed by atoms with E-state index in [0.29, 0.717) is 52.4 Å². The maximum Gasteiger partial charge on any atom is 0.321 e. The molecule has 0 saturated carbocycles. The lowest BCUT2D eigenvalue weighted by atomic mass is 9.83. The Kier molecular flexibility index (Phi) is 9.86. The quantitative estimate of drug-likeness (QED) is 0.253. The maximum atomic E-state index is 14.7. The van der Waals surface area contributed by atoms with Crippen LogP contribution in [0, 0.1) is 5.92 Å². The highest BCUT2D eigenvalue weighted by molar-refractivity contribution is 7.93. The van der Waals surface area contributed by atoms with E-state index in [0.717, 1.165) is 36.7 Å². The number of urea groups is 1. The number of benzene rings is 3. The first-order chi connectivity index (χ1) is 21.1. The molecular weight excluding hydrogens is 621 g/mol. The molecule has 44 heavy (non-hydrogen) atoms. The molecule has 0 aliphatic carbocycles. The number of hydrogen-bond acceptors (Lipinski definition) is 6. The molecule has 234 valence electrons. The first-order valence-corrected chi connectivity index (χ1v) is 17.1. The van der Waals surface area contributed by atoms with E-state index in [9.17, 15) is 18.0 Å². The van der Waals surface area contributed by atoms with Gasteiger partial charge in [-0.25, -0.2) is 17.5 Å². The number of halogens is 2. The molecule has 3 N–H and O–H groups in total. The Morgan fingerprint density at radius 3 is 2.34 bits per heavy atom. The first-order valence-electron chi connectivity index (χ1n) is 14.9. The summed E-state index contributed by atoms with van der Waals surface area (Å²) in [6, 6.07) is 17.2. The van der Waals surface area contributed by atoms with Crippen molar-refractivity contribution in [2.24, 2.45) is 5.92 Å². The third-order valence-electron chi connectivity index (χ3n) is 8.46. The second-order valence-electron chi connectivity index (χ2n) is 11.0. The van der Waals surface area contributed by atoms with Crippen molar-refractivity contribution < 1.29 is 18.0 Å². The zero-order valence-electron chi connectivity index (χ0n) is 24.8. The number of carbonyl (C=O) groups excluding carboxylic acids is 2.